The summed E-state index contributed by atoms with van der Waals surface area (Å²) < 4.78 is 0. The van der Waals surface area contributed by atoms with Crippen molar-refractivity contribution >= 4 is 34.7 Å². The van der Waals surface area contributed by atoms with Gasteiger partial charge in [0.15, 0.2) is 0 Å². The van der Waals surface area contributed by atoms with Gasteiger partial charge in [-0.15, -0.1) is 11.3 Å². The van der Waals surface area contributed by atoms with Gasteiger partial charge in [-0.25, -0.2) is 9.97 Å². The zero-order chi connectivity index (χ0) is 13.8. The summed E-state index contributed by atoms with van der Waals surface area (Å²) in [6, 6.07) is 3.38. The molecule has 0 saturated carbocycles. The molecule has 0 saturated heterocycles. The minimum absolute atomic E-state index is 0.227. The molecule has 100 valence electrons. The highest BCUT2D eigenvalue weighted by Crippen LogP contribution is 2.18. The maximum atomic E-state index is 12.3. The highest BCUT2D eigenvalue weighted by molar-refractivity contribution is 7.07. The van der Waals surface area contributed by atoms with Crippen LogP contribution in [0.5, 0.6) is 0 Å². The van der Waals surface area contributed by atoms with Gasteiger partial charge in [-0.2, -0.15) is 0 Å². The number of carbonyl (C=O) groups is 1. The molecule has 2 aromatic heterocycles. The Morgan fingerprint density at radius 3 is 2.95 bits per heavy atom. The smallest absolute Gasteiger partial charge is 0.274 e. The van der Waals surface area contributed by atoms with Crippen LogP contribution in [0, 0.1) is 0 Å². The minimum atomic E-state index is -0.227. The number of thiazole rings is 1. The highest BCUT2D eigenvalue weighted by atomic mass is 35.5. The van der Waals surface area contributed by atoms with E-state index < -0.39 is 0 Å². The lowest BCUT2D eigenvalue weighted by molar-refractivity contribution is 0.0778. The van der Waals surface area contributed by atoms with Crippen molar-refractivity contribution in [1.82, 2.24) is 14.9 Å². The number of hydrogen-bond donors (Lipinski definition) is 1. The molecule has 2 aromatic rings. The van der Waals surface area contributed by atoms with Crippen LogP contribution in [0.1, 0.15) is 16.2 Å². The molecule has 0 spiro atoms. The Labute approximate surface area is 120 Å². The molecule has 7 heteroatoms. The van der Waals surface area contributed by atoms with Gasteiger partial charge in [-0.1, -0.05) is 11.6 Å². The molecule has 1 N–H and O–H groups in total. The van der Waals surface area contributed by atoms with Gasteiger partial charge in [0.05, 0.1) is 22.8 Å². The number of pyridine rings is 1. The van der Waals surface area contributed by atoms with E-state index in [2.05, 4.69) is 15.3 Å². The predicted octanol–water partition coefficient (Wildman–Crippen LogP) is 2.51. The van der Waals surface area contributed by atoms with Gasteiger partial charge in [0.1, 0.15) is 11.5 Å². The summed E-state index contributed by atoms with van der Waals surface area (Å²) in [4.78, 5) is 22.2. The van der Waals surface area contributed by atoms with Crippen LogP contribution in [0.25, 0.3) is 0 Å². The number of amides is 1. The summed E-state index contributed by atoms with van der Waals surface area (Å²) in [5.41, 5.74) is 2.83. The number of nitrogens with one attached hydrogen (secondary N) is 1. The average Bonchev–Trinajstić information content (AvgIpc) is 2.91. The Hall–Kier alpha value is -1.66. The molecule has 0 aliphatic carbocycles. The Morgan fingerprint density at radius 2 is 2.32 bits per heavy atom. The number of anilines is 1. The number of rotatable bonds is 4. The Balaban J connectivity index is 2.18. The Kier molecular flexibility index (Phi) is 4.34. The van der Waals surface area contributed by atoms with Crippen molar-refractivity contribution in [3.63, 3.8) is 0 Å². The van der Waals surface area contributed by atoms with Crippen molar-refractivity contribution in [3.05, 3.63) is 39.4 Å². The second kappa shape index (κ2) is 5.99. The second-order valence-corrected chi connectivity index (χ2v) is 5.04. The summed E-state index contributed by atoms with van der Waals surface area (Å²) in [6.45, 7) is 0.435. The number of carbonyl (C=O) groups excluding carboxylic acids is 1. The van der Waals surface area contributed by atoms with E-state index in [-0.39, 0.29) is 11.6 Å². The molecule has 1 amide bonds. The molecule has 0 aromatic carbocycles. The number of aromatic nitrogens is 2. The first kappa shape index (κ1) is 13.8. The fourth-order valence-corrected chi connectivity index (χ4v) is 2.28. The van der Waals surface area contributed by atoms with E-state index in [4.69, 9.17) is 11.6 Å². The Bertz CT molecular complexity index is 573. The van der Waals surface area contributed by atoms with Crippen LogP contribution in [0.4, 0.5) is 5.82 Å². The lowest BCUT2D eigenvalue weighted by atomic mass is 10.3. The fourth-order valence-electron chi connectivity index (χ4n) is 1.54. The quantitative estimate of drug-likeness (QED) is 0.942. The molecule has 0 fully saturated rings. The van der Waals surface area contributed by atoms with Crippen molar-refractivity contribution < 1.29 is 4.79 Å². The summed E-state index contributed by atoms with van der Waals surface area (Å²) in [6.07, 6.45) is 0. The van der Waals surface area contributed by atoms with Crippen LogP contribution >= 0.6 is 22.9 Å². The first-order valence-electron chi connectivity index (χ1n) is 5.58. The summed E-state index contributed by atoms with van der Waals surface area (Å²) in [5, 5.41) is 5.13. The monoisotopic (exact) mass is 296 g/mol. The van der Waals surface area contributed by atoms with Gasteiger partial charge < -0.3 is 10.2 Å². The number of hydrogen-bond acceptors (Lipinski definition) is 5. The van der Waals surface area contributed by atoms with Gasteiger partial charge in [-0.05, 0) is 12.1 Å². The topological polar surface area (TPSA) is 58.1 Å². The second-order valence-electron chi connectivity index (χ2n) is 3.92. The van der Waals surface area contributed by atoms with Gasteiger partial charge in [0.2, 0.25) is 0 Å². The van der Waals surface area contributed by atoms with Crippen LogP contribution in [0.3, 0.4) is 0 Å². The first-order chi connectivity index (χ1) is 9.11. The van der Waals surface area contributed by atoms with Crippen molar-refractivity contribution in [2.75, 3.05) is 19.4 Å². The average molecular weight is 297 g/mol. The maximum absolute atomic E-state index is 12.3. The molecular weight excluding hydrogens is 284 g/mol. The van der Waals surface area contributed by atoms with E-state index in [0.29, 0.717) is 17.4 Å². The molecule has 0 unspecified atom stereocenters. The van der Waals surface area contributed by atoms with E-state index >= 15 is 0 Å². The first-order valence-corrected chi connectivity index (χ1v) is 6.90. The molecule has 2 rings (SSSR count). The largest absolute Gasteiger partial charge is 0.373 e. The molecule has 2 heterocycles. The van der Waals surface area contributed by atoms with Crippen LogP contribution in [-0.4, -0.2) is 34.9 Å². The molecule has 0 aliphatic heterocycles. The molecular formula is C12H13ClN4OS. The van der Waals surface area contributed by atoms with E-state index in [9.17, 15) is 4.79 Å². The maximum Gasteiger partial charge on any atom is 0.274 e. The number of halogens is 1. The predicted molar refractivity (Wildman–Crippen MR) is 76.7 cm³/mol. The summed E-state index contributed by atoms with van der Waals surface area (Å²) in [5.74, 6) is 0.380. The van der Waals surface area contributed by atoms with Crippen LogP contribution < -0.4 is 5.32 Å². The lowest BCUT2D eigenvalue weighted by Gasteiger charge is -2.16. The molecule has 0 atom stereocenters. The summed E-state index contributed by atoms with van der Waals surface area (Å²) in [7, 11) is 3.44. The van der Waals surface area contributed by atoms with Crippen molar-refractivity contribution in [2.45, 2.75) is 6.54 Å². The van der Waals surface area contributed by atoms with Gasteiger partial charge in [0, 0.05) is 19.5 Å². The zero-order valence-electron chi connectivity index (χ0n) is 10.6. The summed E-state index contributed by atoms with van der Waals surface area (Å²) >= 11 is 7.52. The van der Waals surface area contributed by atoms with E-state index in [1.165, 1.54) is 11.3 Å². The third-order valence-corrected chi connectivity index (χ3v) is 3.47. The van der Waals surface area contributed by atoms with Crippen LogP contribution in [-0.2, 0) is 6.54 Å². The standard InChI is InChI=1S/C12H13ClN4OS/c1-14-10-4-3-9(13)11(16-10)12(18)17(2)5-8-6-19-7-15-8/h3-4,6-7H,5H2,1-2H3,(H,14,16). The molecule has 0 aliphatic rings. The highest BCUT2D eigenvalue weighted by Gasteiger charge is 2.18. The van der Waals surface area contributed by atoms with Crippen molar-refractivity contribution in [2.24, 2.45) is 0 Å². The molecule has 19 heavy (non-hydrogen) atoms. The SMILES string of the molecule is CNc1ccc(Cl)c(C(=O)N(C)Cc2cscn2)n1. The van der Waals surface area contributed by atoms with E-state index in [0.717, 1.165) is 5.69 Å². The third-order valence-electron chi connectivity index (χ3n) is 2.53. The van der Waals surface area contributed by atoms with E-state index in [1.54, 1.807) is 36.6 Å². The van der Waals surface area contributed by atoms with Crippen LogP contribution in [0.2, 0.25) is 5.02 Å². The normalized spacial score (nSPS) is 10.3. The zero-order valence-corrected chi connectivity index (χ0v) is 12.1. The third kappa shape index (κ3) is 3.21. The van der Waals surface area contributed by atoms with Gasteiger partial charge >= 0.3 is 0 Å². The molecule has 0 bridgehead atoms. The van der Waals surface area contributed by atoms with Crippen molar-refractivity contribution in [1.29, 1.82) is 0 Å². The van der Waals surface area contributed by atoms with Crippen LogP contribution in [0.15, 0.2) is 23.0 Å². The lowest BCUT2D eigenvalue weighted by Crippen LogP contribution is -2.27. The minimum Gasteiger partial charge on any atom is -0.373 e. The fraction of sp³-hybridized carbons (Fsp3) is 0.250. The van der Waals surface area contributed by atoms with Gasteiger partial charge in [0.25, 0.3) is 5.91 Å². The Morgan fingerprint density at radius 1 is 1.53 bits per heavy atom. The molecule has 5 nitrogen and oxygen atoms in total. The molecule has 0 radical (unpaired) electrons. The van der Waals surface area contributed by atoms with Gasteiger partial charge in [-0.3, -0.25) is 4.79 Å². The van der Waals surface area contributed by atoms with Crippen molar-refractivity contribution in [3.8, 4) is 0 Å². The number of nitrogens with zero attached hydrogens (tertiary/aromatic N) is 3. The van der Waals surface area contributed by atoms with E-state index in [1.807, 2.05) is 5.38 Å².